The molecule has 0 bridgehead atoms. The van der Waals surface area contributed by atoms with E-state index in [1.54, 1.807) is 19.1 Å². The van der Waals surface area contributed by atoms with E-state index in [1.807, 2.05) is 0 Å². The van der Waals surface area contributed by atoms with Crippen molar-refractivity contribution in [3.8, 4) is 17.2 Å². The van der Waals surface area contributed by atoms with Crippen LogP contribution in [0, 0.1) is 6.92 Å². The summed E-state index contributed by atoms with van der Waals surface area (Å²) in [6.45, 7) is 1.66. The van der Waals surface area contributed by atoms with Gasteiger partial charge in [0.1, 0.15) is 17.4 Å². The van der Waals surface area contributed by atoms with Gasteiger partial charge in [-0.1, -0.05) is 0 Å². The normalized spacial score (nSPS) is 16.0. The zero-order valence-electron chi connectivity index (χ0n) is 14.4. The van der Waals surface area contributed by atoms with Gasteiger partial charge in [-0.3, -0.25) is 9.59 Å². The third kappa shape index (κ3) is 2.90. The van der Waals surface area contributed by atoms with Crippen LogP contribution in [0.5, 0.6) is 17.2 Å². The summed E-state index contributed by atoms with van der Waals surface area (Å²) >= 11 is 0. The number of rotatable bonds is 4. The minimum Gasteiger partial charge on any atom is -0.496 e. The summed E-state index contributed by atoms with van der Waals surface area (Å²) in [6, 6.07) is 3.40. The Morgan fingerprint density at radius 3 is 2.32 bits per heavy atom. The van der Waals surface area contributed by atoms with Crippen LogP contribution in [0.4, 0.5) is 5.82 Å². The molecule has 0 aliphatic carbocycles. The van der Waals surface area contributed by atoms with Crippen LogP contribution in [0.3, 0.4) is 0 Å². The Kier molecular flexibility index (Phi) is 4.35. The smallest absolute Gasteiger partial charge is 0.256 e. The molecule has 8 nitrogen and oxygen atoms in total. The number of nitrogens with one attached hydrogen (secondary N) is 2. The highest BCUT2D eigenvalue weighted by atomic mass is 16.5. The third-order valence-electron chi connectivity index (χ3n) is 4.18. The van der Waals surface area contributed by atoms with Crippen molar-refractivity contribution in [1.82, 2.24) is 9.97 Å². The van der Waals surface area contributed by atoms with Gasteiger partial charge in [-0.2, -0.15) is 0 Å². The molecular weight excluding hydrogens is 326 g/mol. The van der Waals surface area contributed by atoms with Gasteiger partial charge in [0, 0.05) is 24.0 Å². The number of aryl methyl sites for hydroxylation is 1. The second kappa shape index (κ2) is 6.46. The van der Waals surface area contributed by atoms with Gasteiger partial charge in [-0.25, -0.2) is 4.98 Å². The van der Waals surface area contributed by atoms with Crippen molar-refractivity contribution in [2.24, 2.45) is 0 Å². The molecule has 2 aromatic rings. The minimum atomic E-state index is -0.504. The average molecular weight is 345 g/mol. The summed E-state index contributed by atoms with van der Waals surface area (Å²) in [5.74, 6) is 1.48. The van der Waals surface area contributed by atoms with Gasteiger partial charge in [0.25, 0.3) is 5.56 Å². The maximum atomic E-state index is 12.5. The molecule has 0 saturated heterocycles. The van der Waals surface area contributed by atoms with Crippen molar-refractivity contribution in [3.05, 3.63) is 39.4 Å². The monoisotopic (exact) mass is 345 g/mol. The van der Waals surface area contributed by atoms with Crippen LogP contribution in [0.25, 0.3) is 0 Å². The molecule has 0 fully saturated rings. The second-order valence-corrected chi connectivity index (χ2v) is 5.67. The van der Waals surface area contributed by atoms with Gasteiger partial charge in [0.15, 0.2) is 11.5 Å². The molecule has 1 aromatic heterocycles. The molecule has 25 heavy (non-hydrogen) atoms. The van der Waals surface area contributed by atoms with Crippen LogP contribution in [0.15, 0.2) is 16.9 Å². The molecule has 132 valence electrons. The van der Waals surface area contributed by atoms with Gasteiger partial charge in [-0.05, 0) is 13.0 Å². The fourth-order valence-electron chi connectivity index (χ4n) is 3.07. The quantitative estimate of drug-likeness (QED) is 0.872. The Labute approximate surface area is 144 Å². The van der Waals surface area contributed by atoms with E-state index in [0.717, 1.165) is 0 Å². The highest BCUT2D eigenvalue weighted by molar-refractivity contribution is 5.94. The van der Waals surface area contributed by atoms with Gasteiger partial charge in [0.2, 0.25) is 5.91 Å². The Morgan fingerprint density at radius 1 is 1.04 bits per heavy atom. The molecular formula is C17H19N3O5. The predicted molar refractivity (Wildman–Crippen MR) is 90.8 cm³/mol. The lowest BCUT2D eigenvalue weighted by Gasteiger charge is -2.26. The van der Waals surface area contributed by atoms with Gasteiger partial charge in [0.05, 0.1) is 26.9 Å². The molecule has 0 radical (unpaired) electrons. The Morgan fingerprint density at radius 2 is 1.68 bits per heavy atom. The number of fused-ring (bicyclic) bond motifs is 1. The SMILES string of the molecule is COc1cc(OC)c([C@H]2CC(=O)Nc3nc(C)[nH]c(=O)c32)cc1OC. The number of carbonyl (C=O) groups excluding carboxylic acids is 1. The number of methoxy groups -OCH3 is 3. The first-order valence-electron chi connectivity index (χ1n) is 7.69. The lowest BCUT2D eigenvalue weighted by Crippen LogP contribution is -2.31. The first-order valence-corrected chi connectivity index (χ1v) is 7.69. The molecule has 1 aromatic carbocycles. The summed E-state index contributed by atoms with van der Waals surface area (Å²) in [7, 11) is 4.57. The molecule has 2 heterocycles. The van der Waals surface area contributed by atoms with Gasteiger partial charge in [-0.15, -0.1) is 0 Å². The van der Waals surface area contributed by atoms with E-state index in [0.29, 0.717) is 34.2 Å². The van der Waals surface area contributed by atoms with Gasteiger partial charge >= 0.3 is 0 Å². The van der Waals surface area contributed by atoms with Crippen molar-refractivity contribution in [1.29, 1.82) is 0 Å². The summed E-state index contributed by atoms with van der Waals surface area (Å²) in [6.07, 6.45) is 0.104. The number of aromatic amines is 1. The number of nitrogens with zero attached hydrogens (tertiary/aromatic N) is 1. The number of benzene rings is 1. The standard InChI is InChI=1S/C17H19N3O5/c1-8-18-16-15(17(22)19-8)10(6-14(21)20-16)9-5-12(24-3)13(25-4)7-11(9)23-2/h5,7,10H,6H2,1-4H3,(H2,18,19,20,21,22)/t10-/m1/s1. The number of carbonyl (C=O) groups is 1. The van der Waals surface area contributed by atoms with Crippen LogP contribution in [0.1, 0.15) is 29.3 Å². The van der Waals surface area contributed by atoms with E-state index < -0.39 is 5.92 Å². The predicted octanol–water partition coefficient (Wildman–Crippen LogP) is 1.58. The number of amides is 1. The van der Waals surface area contributed by atoms with Crippen molar-refractivity contribution >= 4 is 11.7 Å². The summed E-state index contributed by atoms with van der Waals surface area (Å²) in [5, 5.41) is 2.66. The second-order valence-electron chi connectivity index (χ2n) is 5.67. The molecule has 8 heteroatoms. The Bertz CT molecular complexity index is 891. The van der Waals surface area contributed by atoms with Crippen molar-refractivity contribution < 1.29 is 19.0 Å². The highest BCUT2D eigenvalue weighted by Crippen LogP contribution is 2.43. The fourth-order valence-corrected chi connectivity index (χ4v) is 3.07. The number of hydrogen-bond donors (Lipinski definition) is 2. The van der Waals surface area contributed by atoms with Crippen LogP contribution in [-0.4, -0.2) is 37.2 Å². The van der Waals surface area contributed by atoms with Gasteiger partial charge < -0.3 is 24.5 Å². The van der Waals surface area contributed by atoms with Crippen LogP contribution in [-0.2, 0) is 4.79 Å². The fraction of sp³-hybridized carbons (Fsp3) is 0.353. The number of aromatic nitrogens is 2. The summed E-state index contributed by atoms with van der Waals surface area (Å²) in [4.78, 5) is 31.6. The maximum Gasteiger partial charge on any atom is 0.256 e. The molecule has 1 atom stereocenters. The summed E-state index contributed by atoms with van der Waals surface area (Å²) in [5.41, 5.74) is 0.771. The molecule has 1 amide bonds. The van der Waals surface area contributed by atoms with E-state index in [9.17, 15) is 9.59 Å². The third-order valence-corrected chi connectivity index (χ3v) is 4.18. The van der Waals surface area contributed by atoms with Crippen LogP contribution in [0.2, 0.25) is 0 Å². The van der Waals surface area contributed by atoms with Crippen molar-refractivity contribution in [2.45, 2.75) is 19.3 Å². The largest absolute Gasteiger partial charge is 0.496 e. The number of hydrogen-bond acceptors (Lipinski definition) is 6. The number of anilines is 1. The molecule has 3 rings (SSSR count). The lowest BCUT2D eigenvalue weighted by atomic mass is 9.86. The zero-order chi connectivity index (χ0) is 18.1. The molecule has 0 saturated carbocycles. The van der Waals surface area contributed by atoms with E-state index in [1.165, 1.54) is 21.3 Å². The van der Waals surface area contributed by atoms with Crippen molar-refractivity contribution in [3.63, 3.8) is 0 Å². The van der Waals surface area contributed by atoms with E-state index in [4.69, 9.17) is 14.2 Å². The molecule has 0 spiro atoms. The zero-order valence-corrected chi connectivity index (χ0v) is 14.4. The number of ether oxygens (including phenoxy) is 3. The van der Waals surface area contributed by atoms with E-state index >= 15 is 0 Å². The highest BCUT2D eigenvalue weighted by Gasteiger charge is 2.33. The van der Waals surface area contributed by atoms with Crippen molar-refractivity contribution in [2.75, 3.05) is 26.6 Å². The molecule has 0 unspecified atom stereocenters. The maximum absolute atomic E-state index is 12.5. The molecule has 2 N–H and O–H groups in total. The number of H-pyrrole nitrogens is 1. The minimum absolute atomic E-state index is 0.104. The lowest BCUT2D eigenvalue weighted by molar-refractivity contribution is -0.116. The summed E-state index contributed by atoms with van der Waals surface area (Å²) < 4.78 is 16.1. The van der Waals surface area contributed by atoms with E-state index in [2.05, 4.69) is 15.3 Å². The first kappa shape index (κ1) is 16.8. The molecule has 1 aliphatic heterocycles. The van der Waals surface area contributed by atoms with Crippen LogP contribution < -0.4 is 25.1 Å². The first-order chi connectivity index (χ1) is 12.0. The Hall–Kier alpha value is -3.03. The average Bonchev–Trinajstić information content (AvgIpc) is 2.58. The molecule has 1 aliphatic rings. The van der Waals surface area contributed by atoms with Crippen LogP contribution >= 0.6 is 0 Å². The topological polar surface area (TPSA) is 103 Å². The Balaban J connectivity index is 2.24. The van der Waals surface area contributed by atoms with E-state index in [-0.39, 0.29) is 23.7 Å².